The quantitative estimate of drug-likeness (QED) is 0.661. The van der Waals surface area contributed by atoms with E-state index in [-0.39, 0.29) is 0 Å². The summed E-state index contributed by atoms with van der Waals surface area (Å²) in [5.41, 5.74) is 1.38. The Bertz CT molecular complexity index is 165. The van der Waals surface area contributed by atoms with Crippen molar-refractivity contribution in [3.05, 3.63) is 35.9 Å². The summed E-state index contributed by atoms with van der Waals surface area (Å²) in [7, 11) is 9.90. The van der Waals surface area contributed by atoms with E-state index >= 15 is 0 Å². The molecule has 0 heterocycles. The Balaban J connectivity index is 0.000000292. The molecule has 11 heavy (non-hydrogen) atoms. The predicted octanol–water partition coefficient (Wildman–Crippen LogP) is 3.43. The van der Waals surface area contributed by atoms with Crippen molar-refractivity contribution < 1.29 is 15.1 Å². The molecule has 0 N–H and O–H groups in total. The first-order chi connectivity index (χ1) is 5.35. The van der Waals surface area contributed by atoms with Crippen molar-refractivity contribution in [1.82, 2.24) is 0 Å². The van der Waals surface area contributed by atoms with Gasteiger partial charge in [-0.05, 0) is 18.1 Å². The van der Waals surface area contributed by atoms with Gasteiger partial charge in [0, 0.05) is 0 Å². The van der Waals surface area contributed by atoms with Crippen molar-refractivity contribution in [2.24, 2.45) is 0 Å². The summed E-state index contributed by atoms with van der Waals surface area (Å²) in [4.78, 5) is 0. The average molecular weight is 241 g/mol. The van der Waals surface area contributed by atoms with Crippen LogP contribution in [0.3, 0.4) is 0 Å². The van der Waals surface area contributed by atoms with Crippen molar-refractivity contribution in [1.29, 1.82) is 0 Å². The van der Waals surface area contributed by atoms with Crippen LogP contribution in [-0.4, -0.2) is 0 Å². The number of hydrogen-bond acceptors (Lipinski definition) is 0. The van der Waals surface area contributed by atoms with Crippen molar-refractivity contribution in [2.45, 2.75) is 13.3 Å². The zero-order valence-electron chi connectivity index (χ0n) is 6.48. The van der Waals surface area contributed by atoms with E-state index in [0.29, 0.717) is 0 Å². The Morgan fingerprint density at radius 2 is 1.82 bits per heavy atom. The van der Waals surface area contributed by atoms with Crippen LogP contribution in [0.2, 0.25) is 0 Å². The fourth-order valence-electron chi connectivity index (χ4n) is 0.657. The first-order valence-electron chi connectivity index (χ1n) is 3.42. The Morgan fingerprint density at radius 1 is 1.36 bits per heavy atom. The van der Waals surface area contributed by atoms with Gasteiger partial charge >= 0.3 is 34.5 Å². The van der Waals surface area contributed by atoms with Crippen LogP contribution < -0.4 is 0 Å². The van der Waals surface area contributed by atoms with E-state index in [1.165, 1.54) is 5.56 Å². The number of rotatable bonds is 1. The van der Waals surface area contributed by atoms with Crippen LogP contribution in [0.5, 0.6) is 0 Å². The third kappa shape index (κ3) is 6.81. The van der Waals surface area contributed by atoms with E-state index < -0.39 is 15.1 Å². The van der Waals surface area contributed by atoms with Gasteiger partial charge in [0.05, 0.1) is 0 Å². The molecule has 0 nitrogen and oxygen atoms in total. The molecule has 0 aliphatic carbocycles. The first-order valence-corrected chi connectivity index (χ1v) is 11.2. The Kier molecular flexibility index (Phi) is 8.85. The molecule has 0 saturated carbocycles. The minimum atomic E-state index is -0.931. The third-order valence-electron chi connectivity index (χ3n) is 1.20. The van der Waals surface area contributed by atoms with Gasteiger partial charge in [-0.3, -0.25) is 0 Å². The van der Waals surface area contributed by atoms with Gasteiger partial charge in [-0.1, -0.05) is 31.2 Å². The fraction of sp³-hybridized carbons (Fsp3) is 0.250. The van der Waals surface area contributed by atoms with Crippen LogP contribution in [-0.2, 0) is 21.6 Å². The van der Waals surface area contributed by atoms with Crippen LogP contribution in [0.1, 0.15) is 12.5 Å². The first kappa shape index (κ1) is 11.4. The van der Waals surface area contributed by atoms with Crippen LogP contribution in [0.15, 0.2) is 24.3 Å². The van der Waals surface area contributed by atoms with Gasteiger partial charge in [-0.15, -0.1) is 0 Å². The van der Waals surface area contributed by atoms with Crippen molar-refractivity contribution in [3.8, 4) is 0 Å². The van der Waals surface area contributed by atoms with Gasteiger partial charge in [0.1, 0.15) is 0 Å². The standard InChI is InChI=1S/C8H9.2ClH.Zn/c1-2-8-6-4-3-5-7-8;;;/h4-7H,2H2,1H3;2*1H;/q;;;+2/p-2. The molecule has 0 aliphatic heterocycles. The molecule has 1 aromatic carbocycles. The van der Waals surface area contributed by atoms with E-state index in [9.17, 15) is 0 Å². The third-order valence-corrected chi connectivity index (χ3v) is 1.20. The van der Waals surface area contributed by atoms with E-state index in [2.05, 4.69) is 25.1 Å². The molecule has 0 aliphatic rings. The number of halogens is 2. The molecule has 0 bridgehead atoms. The average Bonchev–Trinajstić information content (AvgIpc) is 2.08. The number of hydrogen-bond donors (Lipinski definition) is 0. The van der Waals surface area contributed by atoms with Gasteiger partial charge in [-0.2, -0.15) is 0 Å². The van der Waals surface area contributed by atoms with E-state index in [1.54, 1.807) is 0 Å². The molecular formula is C8H9Cl2Zn. The van der Waals surface area contributed by atoms with Gasteiger partial charge in [0.2, 0.25) is 0 Å². The van der Waals surface area contributed by atoms with Gasteiger partial charge in [0.15, 0.2) is 0 Å². The van der Waals surface area contributed by atoms with E-state index in [1.807, 2.05) is 12.1 Å². The zero-order valence-corrected chi connectivity index (χ0v) is 11.0. The molecule has 0 atom stereocenters. The molecule has 1 rings (SSSR count). The number of benzene rings is 1. The molecule has 0 unspecified atom stereocenters. The minimum absolute atomic E-state index is 0.931. The van der Waals surface area contributed by atoms with Crippen molar-refractivity contribution in [2.75, 3.05) is 0 Å². The second-order valence-electron chi connectivity index (χ2n) is 1.86. The molecule has 0 spiro atoms. The van der Waals surface area contributed by atoms with Crippen LogP contribution >= 0.6 is 19.4 Å². The topological polar surface area (TPSA) is 0 Å². The maximum absolute atomic E-state index is 4.95. The molecule has 1 aromatic rings. The SMILES string of the molecule is CCc1cc[c]cc1.[Cl][Zn][Cl]. The van der Waals surface area contributed by atoms with Crippen molar-refractivity contribution in [3.63, 3.8) is 0 Å². The molecule has 0 amide bonds. The van der Waals surface area contributed by atoms with Gasteiger partial charge < -0.3 is 0 Å². The summed E-state index contributed by atoms with van der Waals surface area (Å²) >= 11 is -0.931. The van der Waals surface area contributed by atoms with Crippen LogP contribution in [0.4, 0.5) is 0 Å². The molecule has 3 heteroatoms. The Morgan fingerprint density at radius 3 is 2.09 bits per heavy atom. The van der Waals surface area contributed by atoms with E-state index in [0.717, 1.165) is 6.42 Å². The molecule has 1 radical (unpaired) electrons. The normalized spacial score (nSPS) is 7.55. The number of aryl methyl sites for hydroxylation is 1. The molecule has 0 fully saturated rings. The van der Waals surface area contributed by atoms with Crippen LogP contribution in [0, 0.1) is 6.07 Å². The summed E-state index contributed by atoms with van der Waals surface area (Å²) in [6.07, 6.45) is 1.12. The maximum atomic E-state index is 4.95. The molecular weight excluding hydrogens is 232 g/mol. The summed E-state index contributed by atoms with van der Waals surface area (Å²) in [6.45, 7) is 2.15. The van der Waals surface area contributed by atoms with Crippen molar-refractivity contribution >= 4 is 19.4 Å². The Hall–Kier alpha value is 0.423. The second kappa shape index (κ2) is 8.52. The second-order valence-corrected chi connectivity index (χ2v) is 6.49. The van der Waals surface area contributed by atoms with Crippen LogP contribution in [0.25, 0.3) is 0 Å². The molecule has 0 aromatic heterocycles. The molecule has 0 saturated heterocycles. The van der Waals surface area contributed by atoms with E-state index in [4.69, 9.17) is 19.4 Å². The summed E-state index contributed by atoms with van der Waals surface area (Å²) < 4.78 is 0. The van der Waals surface area contributed by atoms with Gasteiger partial charge in [0.25, 0.3) is 0 Å². The fourth-order valence-corrected chi connectivity index (χ4v) is 0.657. The molecule has 57 valence electrons. The summed E-state index contributed by atoms with van der Waals surface area (Å²) in [5.74, 6) is 0. The Labute approximate surface area is 83.6 Å². The zero-order chi connectivity index (χ0) is 8.53. The van der Waals surface area contributed by atoms with Gasteiger partial charge in [-0.25, -0.2) is 0 Å². The predicted molar refractivity (Wildman–Crippen MR) is 46.4 cm³/mol. The monoisotopic (exact) mass is 239 g/mol. The summed E-state index contributed by atoms with van der Waals surface area (Å²) in [5, 5.41) is 0. The summed E-state index contributed by atoms with van der Waals surface area (Å²) in [6, 6.07) is 11.0.